The van der Waals surface area contributed by atoms with Crippen LogP contribution in [0.5, 0.6) is 0 Å². The van der Waals surface area contributed by atoms with Gasteiger partial charge in [-0.25, -0.2) is 0 Å². The van der Waals surface area contributed by atoms with E-state index in [9.17, 15) is 0 Å². The van der Waals surface area contributed by atoms with Crippen molar-refractivity contribution < 1.29 is 4.58 Å². The molecule has 1 N–H and O–H groups in total. The molecular weight excluding hydrogens is 474 g/mol. The van der Waals surface area contributed by atoms with Gasteiger partial charge < -0.3 is 10.2 Å². The molecule has 0 bridgehead atoms. The van der Waals surface area contributed by atoms with Crippen molar-refractivity contribution in [1.82, 2.24) is 5.32 Å². The van der Waals surface area contributed by atoms with Gasteiger partial charge in [-0.3, -0.25) is 0 Å². The van der Waals surface area contributed by atoms with Crippen molar-refractivity contribution in [2.75, 3.05) is 18.0 Å². The predicted molar refractivity (Wildman–Crippen MR) is 166 cm³/mol. The van der Waals surface area contributed by atoms with Gasteiger partial charge >= 0.3 is 0 Å². The lowest BCUT2D eigenvalue weighted by atomic mass is 9.81. The zero-order chi connectivity index (χ0) is 27.6. The molecule has 0 spiro atoms. The van der Waals surface area contributed by atoms with Crippen LogP contribution >= 0.6 is 0 Å². The van der Waals surface area contributed by atoms with Crippen molar-refractivity contribution in [2.45, 2.75) is 58.9 Å². The molecule has 5 rings (SSSR count). The highest BCUT2D eigenvalue weighted by atomic mass is 15.2. The van der Waals surface area contributed by atoms with Gasteiger partial charge in [-0.05, 0) is 57.0 Å². The first-order chi connectivity index (χ1) is 18.8. The Morgan fingerprint density at radius 1 is 0.821 bits per heavy atom. The predicted octanol–water partition coefficient (Wildman–Crippen LogP) is 8.01. The van der Waals surface area contributed by atoms with E-state index < -0.39 is 0 Å². The maximum absolute atomic E-state index is 3.74. The monoisotopic (exact) mass is 516 g/mol. The van der Waals surface area contributed by atoms with Crippen molar-refractivity contribution in [3.63, 3.8) is 0 Å². The molecule has 3 aromatic carbocycles. The number of rotatable bonds is 8. The summed E-state index contributed by atoms with van der Waals surface area (Å²) < 4.78 is 2.45. The number of benzene rings is 3. The maximum Gasteiger partial charge on any atom is 0.209 e. The second kappa shape index (κ2) is 10.7. The smallest absolute Gasteiger partial charge is 0.209 e. The zero-order valence-electron chi connectivity index (χ0n) is 24.3. The highest BCUT2D eigenvalue weighted by Gasteiger charge is 2.43. The first-order valence-electron chi connectivity index (χ1n) is 14.3. The summed E-state index contributed by atoms with van der Waals surface area (Å²) in [4.78, 5) is 2.46. The van der Waals surface area contributed by atoms with Gasteiger partial charge in [0.2, 0.25) is 5.69 Å². The molecule has 0 saturated carbocycles. The summed E-state index contributed by atoms with van der Waals surface area (Å²) in [6.45, 7) is 16.5. The molecule has 0 aromatic heterocycles. The van der Waals surface area contributed by atoms with Crippen LogP contribution in [0.4, 0.5) is 11.4 Å². The van der Waals surface area contributed by atoms with Crippen LogP contribution in [0, 0.1) is 0 Å². The first kappa shape index (κ1) is 26.7. The standard InChI is InChI=1S/C36H41N3/c1-7-38-31-22-14-12-20-29(31)35(3,4)33(38)24-16-19-28(37-26-27-17-10-9-11-18-27)25-34-36(5,6)30-21-13-15-23-32(30)39(34)8-2/h9-25H,7-8,26H2,1-6H3/p+1/b34-25+. The molecule has 0 radical (unpaired) electrons. The number of nitrogens with zero attached hydrogens (tertiary/aromatic N) is 2. The lowest BCUT2D eigenvalue weighted by molar-refractivity contribution is -0.433. The number of hydrogen-bond acceptors (Lipinski definition) is 2. The Balaban J connectivity index is 1.53. The van der Waals surface area contributed by atoms with Gasteiger partial charge in [0.05, 0.1) is 5.41 Å². The minimum atomic E-state index is -0.0767. The second-order valence-corrected chi connectivity index (χ2v) is 11.5. The lowest BCUT2D eigenvalue weighted by Gasteiger charge is -2.27. The van der Waals surface area contributed by atoms with Crippen LogP contribution < -0.4 is 10.2 Å². The average Bonchev–Trinajstić information content (AvgIpc) is 3.30. The van der Waals surface area contributed by atoms with Gasteiger partial charge in [-0.1, -0.05) is 86.7 Å². The fraction of sp³-hybridized carbons (Fsp3) is 0.306. The molecule has 2 heterocycles. The Morgan fingerprint density at radius 2 is 1.49 bits per heavy atom. The third-order valence-corrected chi connectivity index (χ3v) is 8.39. The summed E-state index contributed by atoms with van der Waals surface area (Å²) >= 11 is 0. The first-order valence-corrected chi connectivity index (χ1v) is 14.3. The molecule has 3 nitrogen and oxygen atoms in total. The van der Waals surface area contributed by atoms with Crippen molar-refractivity contribution >= 4 is 17.1 Å². The van der Waals surface area contributed by atoms with Crippen LogP contribution in [0.2, 0.25) is 0 Å². The summed E-state index contributed by atoms with van der Waals surface area (Å²) in [5.74, 6) is 0. The normalized spacial score (nSPS) is 18.7. The lowest BCUT2D eigenvalue weighted by Crippen LogP contribution is -2.27. The number of hydrogen-bond donors (Lipinski definition) is 1. The topological polar surface area (TPSA) is 18.3 Å². The number of allylic oxidation sites excluding steroid dienone is 5. The molecular formula is C36H42N3+. The van der Waals surface area contributed by atoms with E-state index >= 15 is 0 Å². The van der Waals surface area contributed by atoms with Crippen LogP contribution in [0.1, 0.15) is 58.2 Å². The SMILES string of the molecule is CCN1/C(=C/C(=C/C=C/C2=[N+](CC)c3ccccc3C2(C)C)NCc2ccccc2)C(C)(C)c2ccccc21. The highest BCUT2D eigenvalue weighted by Crippen LogP contribution is 2.47. The molecule has 0 atom stereocenters. The Kier molecular flexibility index (Phi) is 7.36. The molecule has 0 saturated heterocycles. The van der Waals surface area contributed by atoms with Crippen LogP contribution in [0.15, 0.2) is 115 Å². The third kappa shape index (κ3) is 4.87. The molecule has 2 aliphatic heterocycles. The van der Waals surface area contributed by atoms with Crippen molar-refractivity contribution in [3.8, 4) is 0 Å². The van der Waals surface area contributed by atoms with Gasteiger partial charge in [-0.2, -0.15) is 4.58 Å². The molecule has 200 valence electrons. The van der Waals surface area contributed by atoms with E-state index in [-0.39, 0.29) is 10.8 Å². The largest absolute Gasteiger partial charge is 0.381 e. The van der Waals surface area contributed by atoms with E-state index in [0.29, 0.717) is 0 Å². The van der Waals surface area contributed by atoms with Gasteiger partial charge in [-0.15, -0.1) is 0 Å². The van der Waals surface area contributed by atoms with Crippen LogP contribution in [0.3, 0.4) is 0 Å². The van der Waals surface area contributed by atoms with Crippen LogP contribution in [0.25, 0.3) is 0 Å². The minimum absolute atomic E-state index is 0.0405. The van der Waals surface area contributed by atoms with Crippen LogP contribution in [-0.4, -0.2) is 23.4 Å². The Hall–Kier alpha value is -3.85. The zero-order valence-corrected chi connectivity index (χ0v) is 24.3. The molecule has 0 fully saturated rings. The fourth-order valence-electron chi connectivity index (χ4n) is 6.27. The van der Waals surface area contributed by atoms with Crippen LogP contribution in [-0.2, 0) is 17.4 Å². The Labute approximate surface area is 234 Å². The van der Waals surface area contributed by atoms with Crippen molar-refractivity contribution in [3.05, 3.63) is 131 Å². The van der Waals surface area contributed by atoms with Crippen molar-refractivity contribution in [2.24, 2.45) is 0 Å². The molecule has 0 aliphatic carbocycles. The van der Waals surface area contributed by atoms with Gasteiger partial charge in [0.25, 0.3) is 0 Å². The Bertz CT molecular complexity index is 1470. The van der Waals surface area contributed by atoms with E-state index in [0.717, 1.165) is 25.3 Å². The number of para-hydroxylation sites is 2. The maximum atomic E-state index is 3.74. The van der Waals surface area contributed by atoms with E-state index in [4.69, 9.17) is 0 Å². The molecule has 0 unspecified atom stereocenters. The third-order valence-electron chi connectivity index (χ3n) is 8.39. The molecule has 0 amide bonds. The Morgan fingerprint density at radius 3 is 2.21 bits per heavy atom. The molecule has 3 aromatic rings. The molecule has 2 aliphatic rings. The number of nitrogens with one attached hydrogen (secondary N) is 1. The summed E-state index contributed by atoms with van der Waals surface area (Å²) in [6, 6.07) is 28.3. The quantitative estimate of drug-likeness (QED) is 0.241. The number of fused-ring (bicyclic) bond motifs is 2. The minimum Gasteiger partial charge on any atom is -0.381 e. The summed E-state index contributed by atoms with van der Waals surface area (Å²) in [5.41, 5.74) is 10.3. The summed E-state index contributed by atoms with van der Waals surface area (Å²) in [5, 5.41) is 3.74. The van der Waals surface area contributed by atoms with Gasteiger partial charge in [0.15, 0.2) is 5.71 Å². The van der Waals surface area contributed by atoms with Gasteiger partial charge in [0.1, 0.15) is 6.54 Å². The summed E-state index contributed by atoms with van der Waals surface area (Å²) in [7, 11) is 0. The highest BCUT2D eigenvalue weighted by molar-refractivity contribution is 6.03. The summed E-state index contributed by atoms with van der Waals surface area (Å²) in [6.07, 6.45) is 9.12. The van der Waals surface area contributed by atoms with E-state index in [1.54, 1.807) is 0 Å². The van der Waals surface area contributed by atoms with Crippen molar-refractivity contribution in [1.29, 1.82) is 0 Å². The molecule has 3 heteroatoms. The van der Waals surface area contributed by atoms with E-state index in [1.165, 1.54) is 39.5 Å². The second-order valence-electron chi connectivity index (χ2n) is 11.5. The fourth-order valence-corrected chi connectivity index (χ4v) is 6.27. The van der Waals surface area contributed by atoms with E-state index in [1.807, 2.05) is 0 Å². The van der Waals surface area contributed by atoms with E-state index in [2.05, 4.69) is 160 Å². The number of likely N-dealkylation sites (N-methyl/N-ethyl adjacent to an activating group) is 1. The molecule has 39 heavy (non-hydrogen) atoms. The number of anilines is 1. The van der Waals surface area contributed by atoms with Gasteiger partial charge in [0, 0.05) is 53.3 Å². The average molecular weight is 517 g/mol.